The van der Waals surface area contributed by atoms with Gasteiger partial charge in [-0.3, -0.25) is 4.79 Å². The van der Waals surface area contributed by atoms with E-state index in [9.17, 15) is 4.79 Å². The lowest BCUT2D eigenvalue weighted by molar-refractivity contribution is 0.0664. The number of piperidine rings is 1. The van der Waals surface area contributed by atoms with Crippen LogP contribution in [-0.4, -0.2) is 34.9 Å². The number of amidine groups is 1. The Kier molecular flexibility index (Phi) is 3.84. The Morgan fingerprint density at radius 1 is 1.58 bits per heavy atom. The van der Waals surface area contributed by atoms with Crippen molar-refractivity contribution in [1.82, 2.24) is 4.90 Å². The average Bonchev–Trinajstić information content (AvgIpc) is 2.84. The number of oxime groups is 1. The molecular formula is C12H16BrN3O3. The molecule has 1 aliphatic heterocycles. The van der Waals surface area contributed by atoms with Crippen molar-refractivity contribution in [3.63, 3.8) is 0 Å². The molecule has 0 spiro atoms. The number of furan rings is 1. The number of rotatable bonds is 2. The van der Waals surface area contributed by atoms with Crippen LogP contribution in [0.3, 0.4) is 0 Å². The number of amides is 1. The van der Waals surface area contributed by atoms with E-state index < -0.39 is 0 Å². The molecule has 2 rings (SSSR count). The van der Waals surface area contributed by atoms with Crippen LogP contribution < -0.4 is 5.73 Å². The summed E-state index contributed by atoms with van der Waals surface area (Å²) in [5.74, 6) is 0.159. The zero-order chi connectivity index (χ0) is 14.0. The van der Waals surface area contributed by atoms with Crippen molar-refractivity contribution in [2.75, 3.05) is 13.1 Å². The van der Waals surface area contributed by atoms with Crippen LogP contribution in [0, 0.1) is 5.41 Å². The predicted molar refractivity (Wildman–Crippen MR) is 73.1 cm³/mol. The van der Waals surface area contributed by atoms with Crippen molar-refractivity contribution in [2.24, 2.45) is 16.3 Å². The zero-order valence-corrected chi connectivity index (χ0v) is 12.2. The Morgan fingerprint density at radius 2 is 2.21 bits per heavy atom. The smallest absolute Gasteiger partial charge is 0.258 e. The van der Waals surface area contributed by atoms with Crippen LogP contribution in [0.2, 0.25) is 0 Å². The summed E-state index contributed by atoms with van der Waals surface area (Å²) in [4.78, 5) is 14.0. The normalized spacial score (nSPS) is 19.5. The van der Waals surface area contributed by atoms with E-state index in [0.717, 1.165) is 0 Å². The molecule has 0 aromatic carbocycles. The maximum atomic E-state index is 12.3. The minimum absolute atomic E-state index is 0.0674. The van der Waals surface area contributed by atoms with Gasteiger partial charge in [0, 0.05) is 18.5 Å². The summed E-state index contributed by atoms with van der Waals surface area (Å²) in [6.45, 7) is 3.09. The standard InChI is InChI=1S/C12H16BrN3O3/c1-12(11(14)15-18)3-5-16(6-4-12)10(17)8-2-7-19-9(8)13/h2,7,18H,3-6H2,1H3,(H2,14,15). The van der Waals surface area contributed by atoms with Crippen LogP contribution in [0.15, 0.2) is 26.6 Å². The molecular weight excluding hydrogens is 314 g/mol. The second-order valence-electron chi connectivity index (χ2n) is 4.95. The molecule has 0 radical (unpaired) electrons. The first-order chi connectivity index (χ1) is 8.98. The molecule has 1 fully saturated rings. The Labute approximate surface area is 119 Å². The molecule has 0 saturated carbocycles. The van der Waals surface area contributed by atoms with E-state index in [1.54, 1.807) is 11.0 Å². The van der Waals surface area contributed by atoms with Gasteiger partial charge in [-0.05, 0) is 34.8 Å². The van der Waals surface area contributed by atoms with E-state index in [1.165, 1.54) is 6.26 Å². The molecule has 0 bridgehead atoms. The molecule has 1 aliphatic rings. The summed E-state index contributed by atoms with van der Waals surface area (Å²) in [5, 5.41) is 11.9. The van der Waals surface area contributed by atoms with Gasteiger partial charge in [0.05, 0.1) is 11.8 Å². The van der Waals surface area contributed by atoms with Gasteiger partial charge in [0.1, 0.15) is 5.84 Å². The summed E-state index contributed by atoms with van der Waals surface area (Å²) >= 11 is 3.20. The van der Waals surface area contributed by atoms with Crippen molar-refractivity contribution in [1.29, 1.82) is 0 Å². The van der Waals surface area contributed by atoms with Crippen LogP contribution in [0.4, 0.5) is 0 Å². The number of carbonyl (C=O) groups is 1. The molecule has 3 N–H and O–H groups in total. The van der Waals surface area contributed by atoms with Gasteiger partial charge in [0.25, 0.3) is 5.91 Å². The summed E-state index contributed by atoms with van der Waals surface area (Å²) in [7, 11) is 0. The molecule has 0 aliphatic carbocycles. The average molecular weight is 330 g/mol. The minimum Gasteiger partial charge on any atom is -0.457 e. The van der Waals surface area contributed by atoms with Crippen LogP contribution >= 0.6 is 15.9 Å². The molecule has 19 heavy (non-hydrogen) atoms. The SMILES string of the molecule is CC1(/C(N)=N/O)CCN(C(=O)c2ccoc2Br)CC1. The molecule has 2 heterocycles. The first-order valence-electron chi connectivity index (χ1n) is 5.98. The molecule has 1 saturated heterocycles. The second-order valence-corrected chi connectivity index (χ2v) is 5.67. The van der Waals surface area contributed by atoms with Crippen LogP contribution in [0.1, 0.15) is 30.1 Å². The topological polar surface area (TPSA) is 92.1 Å². The number of hydrogen-bond acceptors (Lipinski definition) is 4. The van der Waals surface area contributed by atoms with Crippen LogP contribution in [0.25, 0.3) is 0 Å². The van der Waals surface area contributed by atoms with Crippen molar-refractivity contribution >= 4 is 27.7 Å². The Balaban J connectivity index is 2.05. The maximum Gasteiger partial charge on any atom is 0.258 e. The van der Waals surface area contributed by atoms with Gasteiger partial charge in [-0.15, -0.1) is 0 Å². The van der Waals surface area contributed by atoms with Gasteiger partial charge >= 0.3 is 0 Å². The molecule has 6 nitrogen and oxygen atoms in total. The van der Waals surface area contributed by atoms with Crippen molar-refractivity contribution < 1.29 is 14.4 Å². The number of carbonyl (C=O) groups excluding carboxylic acids is 1. The minimum atomic E-state index is -0.348. The first-order valence-corrected chi connectivity index (χ1v) is 6.77. The van der Waals surface area contributed by atoms with Crippen LogP contribution in [0.5, 0.6) is 0 Å². The quantitative estimate of drug-likeness (QED) is 0.376. The number of hydrogen-bond donors (Lipinski definition) is 2. The van der Waals surface area contributed by atoms with E-state index in [2.05, 4.69) is 21.1 Å². The third-order valence-electron chi connectivity index (χ3n) is 3.73. The Hall–Kier alpha value is -1.50. The number of likely N-dealkylation sites (tertiary alicyclic amines) is 1. The van der Waals surface area contributed by atoms with Gasteiger partial charge in [-0.2, -0.15) is 0 Å². The van der Waals surface area contributed by atoms with Gasteiger partial charge in [-0.1, -0.05) is 12.1 Å². The zero-order valence-electron chi connectivity index (χ0n) is 10.6. The molecule has 0 unspecified atom stereocenters. The lowest BCUT2D eigenvalue weighted by atomic mass is 9.79. The van der Waals surface area contributed by atoms with Gasteiger partial charge in [0.15, 0.2) is 4.67 Å². The fraction of sp³-hybridized carbons (Fsp3) is 0.500. The van der Waals surface area contributed by atoms with Crippen molar-refractivity contribution in [3.05, 3.63) is 22.6 Å². The van der Waals surface area contributed by atoms with Crippen molar-refractivity contribution in [3.8, 4) is 0 Å². The highest BCUT2D eigenvalue weighted by atomic mass is 79.9. The van der Waals surface area contributed by atoms with Crippen molar-refractivity contribution in [2.45, 2.75) is 19.8 Å². The summed E-state index contributed by atoms with van der Waals surface area (Å²) in [6.07, 6.45) is 2.82. The molecule has 1 amide bonds. The third kappa shape index (κ3) is 2.60. The molecule has 0 atom stereocenters. The monoisotopic (exact) mass is 329 g/mol. The number of nitrogens with zero attached hydrogens (tertiary/aromatic N) is 2. The van der Waals surface area contributed by atoms with E-state index in [-0.39, 0.29) is 17.2 Å². The van der Waals surface area contributed by atoms with E-state index in [1.807, 2.05) is 6.92 Å². The summed E-state index contributed by atoms with van der Waals surface area (Å²) in [6, 6.07) is 1.64. The maximum absolute atomic E-state index is 12.3. The van der Waals surface area contributed by atoms with E-state index >= 15 is 0 Å². The largest absolute Gasteiger partial charge is 0.457 e. The fourth-order valence-electron chi connectivity index (χ4n) is 2.20. The molecule has 104 valence electrons. The highest BCUT2D eigenvalue weighted by molar-refractivity contribution is 9.10. The number of nitrogens with two attached hydrogens (primary N) is 1. The first kappa shape index (κ1) is 13.9. The van der Waals surface area contributed by atoms with Crippen LogP contribution in [-0.2, 0) is 0 Å². The lowest BCUT2D eigenvalue weighted by Crippen LogP contribution is -2.47. The Bertz CT molecular complexity index is 504. The highest BCUT2D eigenvalue weighted by Gasteiger charge is 2.36. The molecule has 7 heteroatoms. The number of halogens is 1. The second kappa shape index (κ2) is 5.24. The van der Waals surface area contributed by atoms with Gasteiger partial charge in [-0.25, -0.2) is 0 Å². The third-order valence-corrected chi connectivity index (χ3v) is 4.34. The summed E-state index contributed by atoms with van der Waals surface area (Å²) in [5.41, 5.74) is 5.87. The Morgan fingerprint density at radius 3 is 2.68 bits per heavy atom. The summed E-state index contributed by atoms with van der Waals surface area (Å²) < 4.78 is 5.52. The van der Waals surface area contributed by atoms with E-state index in [4.69, 9.17) is 15.4 Å². The fourth-order valence-corrected chi connectivity index (χ4v) is 2.61. The van der Waals surface area contributed by atoms with Gasteiger partial charge < -0.3 is 20.3 Å². The van der Waals surface area contributed by atoms with Gasteiger partial charge in [0.2, 0.25) is 0 Å². The highest BCUT2D eigenvalue weighted by Crippen LogP contribution is 2.32. The van der Waals surface area contributed by atoms with E-state index in [0.29, 0.717) is 36.2 Å². The molecule has 1 aromatic rings. The lowest BCUT2D eigenvalue weighted by Gasteiger charge is -2.38. The molecule has 1 aromatic heterocycles. The predicted octanol–water partition coefficient (Wildman–Crippen LogP) is 2.03.